The zero-order chi connectivity index (χ0) is 26.5. The van der Waals surface area contributed by atoms with Crippen LogP contribution in [0.25, 0.3) is 16.2 Å². The summed E-state index contributed by atoms with van der Waals surface area (Å²) in [7, 11) is 0. The van der Waals surface area contributed by atoms with Crippen LogP contribution in [0.3, 0.4) is 0 Å². The van der Waals surface area contributed by atoms with E-state index in [0.717, 1.165) is 20.5 Å². The molecule has 2 heterocycles. The van der Waals surface area contributed by atoms with Gasteiger partial charge in [0, 0.05) is 41.1 Å². The van der Waals surface area contributed by atoms with Crippen LogP contribution in [0.4, 0.5) is 0 Å². The van der Waals surface area contributed by atoms with E-state index in [4.69, 9.17) is 23.2 Å². The number of carboxylic acid groups (broad SMARTS) is 1. The van der Waals surface area contributed by atoms with E-state index in [2.05, 4.69) is 5.32 Å². The number of nitrogens with one attached hydrogen (secondary N) is 1. The molecule has 1 aliphatic heterocycles. The zero-order valence-corrected chi connectivity index (χ0v) is 23.2. The first-order valence-corrected chi connectivity index (χ1v) is 14.6. The molecule has 0 saturated carbocycles. The lowest BCUT2D eigenvalue weighted by atomic mass is 9.95. The maximum Gasteiger partial charge on any atom is 0.326 e. The van der Waals surface area contributed by atoms with E-state index in [1.54, 1.807) is 22.3 Å². The molecule has 1 aromatic heterocycles. The van der Waals surface area contributed by atoms with Gasteiger partial charge in [-0.2, -0.15) is 0 Å². The van der Waals surface area contributed by atoms with Crippen molar-refractivity contribution >= 4 is 80.2 Å². The third-order valence-corrected chi connectivity index (χ3v) is 9.28. The summed E-state index contributed by atoms with van der Waals surface area (Å²) in [6.07, 6.45) is 6.17. The summed E-state index contributed by atoms with van der Waals surface area (Å²) in [6, 6.07) is 10.5. The number of nitrogens with zero attached hydrogens (tertiary/aromatic N) is 1. The summed E-state index contributed by atoms with van der Waals surface area (Å²) >= 11 is 15.7. The van der Waals surface area contributed by atoms with Crippen LogP contribution >= 0.6 is 46.3 Å². The molecule has 0 aliphatic carbocycles. The molecule has 1 aliphatic rings. The van der Waals surface area contributed by atoms with Gasteiger partial charge in [0.25, 0.3) is 0 Å². The highest BCUT2D eigenvalue weighted by Gasteiger charge is 2.30. The van der Waals surface area contributed by atoms with Gasteiger partial charge in [-0.25, -0.2) is 4.79 Å². The van der Waals surface area contributed by atoms with Gasteiger partial charge in [0.15, 0.2) is 0 Å². The Morgan fingerprint density at radius 2 is 1.89 bits per heavy atom. The van der Waals surface area contributed by atoms with Crippen LogP contribution in [-0.4, -0.2) is 53.2 Å². The summed E-state index contributed by atoms with van der Waals surface area (Å²) < 4.78 is 1.08. The highest BCUT2D eigenvalue weighted by Crippen LogP contribution is 2.35. The number of fused-ring (bicyclic) bond motifs is 1. The van der Waals surface area contributed by atoms with Crippen LogP contribution in [0.5, 0.6) is 0 Å². The number of hydrogen-bond donors (Lipinski definition) is 2. The van der Waals surface area contributed by atoms with Gasteiger partial charge >= 0.3 is 5.97 Å². The van der Waals surface area contributed by atoms with Gasteiger partial charge in [-0.3, -0.25) is 9.59 Å². The number of thioether (sulfide) groups is 1. The maximum atomic E-state index is 12.9. The van der Waals surface area contributed by atoms with Crippen LogP contribution < -0.4 is 5.32 Å². The Balaban J connectivity index is 1.32. The van der Waals surface area contributed by atoms with Crippen molar-refractivity contribution in [1.82, 2.24) is 10.2 Å². The number of piperidine rings is 1. The van der Waals surface area contributed by atoms with Crippen LogP contribution in [0.15, 0.2) is 52.7 Å². The smallest absolute Gasteiger partial charge is 0.326 e. The predicted octanol–water partition coefficient (Wildman–Crippen LogP) is 5.99. The molecule has 1 fully saturated rings. The highest BCUT2D eigenvalue weighted by atomic mass is 35.5. The Labute approximate surface area is 233 Å². The van der Waals surface area contributed by atoms with E-state index in [-0.39, 0.29) is 24.2 Å². The third kappa shape index (κ3) is 6.49. The van der Waals surface area contributed by atoms with E-state index in [1.165, 1.54) is 17.8 Å². The molecule has 194 valence electrons. The van der Waals surface area contributed by atoms with E-state index in [0.29, 0.717) is 41.5 Å². The second kappa shape index (κ2) is 12.3. The SMILES string of the molecule is CSc1ccc(C=CC(=O)N2CCC(C(=O)NC(Cc3csc4ccccc34)C(=O)O)CC2)c(Cl)c1Cl. The zero-order valence-electron chi connectivity index (χ0n) is 20.1. The Bertz CT molecular complexity index is 1350. The second-order valence-corrected chi connectivity index (χ2v) is 11.3. The molecule has 2 N–H and O–H groups in total. The molecule has 0 radical (unpaired) electrons. The van der Waals surface area contributed by atoms with Gasteiger partial charge < -0.3 is 15.3 Å². The number of amides is 2. The van der Waals surface area contributed by atoms with Crippen LogP contribution in [0.1, 0.15) is 24.0 Å². The van der Waals surface area contributed by atoms with Crippen molar-refractivity contribution in [3.8, 4) is 0 Å². The van der Waals surface area contributed by atoms with E-state index < -0.39 is 12.0 Å². The van der Waals surface area contributed by atoms with Crippen LogP contribution in [0, 0.1) is 5.92 Å². The van der Waals surface area contributed by atoms with Crippen molar-refractivity contribution in [3.05, 3.63) is 69.0 Å². The molecular formula is C27H26Cl2N2O4S2. The highest BCUT2D eigenvalue weighted by molar-refractivity contribution is 7.98. The minimum atomic E-state index is -1.06. The minimum Gasteiger partial charge on any atom is -0.480 e. The lowest BCUT2D eigenvalue weighted by molar-refractivity contribution is -0.142. The van der Waals surface area contributed by atoms with Crippen LogP contribution in [0.2, 0.25) is 10.0 Å². The Morgan fingerprint density at radius 3 is 2.59 bits per heavy atom. The lowest BCUT2D eigenvalue weighted by Crippen LogP contribution is -2.48. The maximum absolute atomic E-state index is 12.9. The Morgan fingerprint density at radius 1 is 1.16 bits per heavy atom. The summed E-state index contributed by atoms with van der Waals surface area (Å²) in [5, 5.41) is 16.3. The van der Waals surface area contributed by atoms with E-state index in [1.807, 2.05) is 48.0 Å². The van der Waals surface area contributed by atoms with Crippen molar-refractivity contribution < 1.29 is 19.5 Å². The predicted molar refractivity (Wildman–Crippen MR) is 152 cm³/mol. The minimum absolute atomic E-state index is 0.173. The third-order valence-electron chi connectivity index (χ3n) is 6.48. The first-order valence-electron chi connectivity index (χ1n) is 11.8. The molecule has 3 aromatic rings. The average Bonchev–Trinajstić information content (AvgIpc) is 3.31. The molecule has 10 heteroatoms. The molecule has 1 saturated heterocycles. The first-order chi connectivity index (χ1) is 17.8. The number of carbonyl (C=O) groups excluding carboxylic acids is 2. The van der Waals surface area contributed by atoms with Crippen LogP contribution in [-0.2, 0) is 20.8 Å². The number of hydrogen-bond acceptors (Lipinski definition) is 5. The van der Waals surface area contributed by atoms with E-state index in [9.17, 15) is 19.5 Å². The van der Waals surface area contributed by atoms with Crippen molar-refractivity contribution in [2.24, 2.45) is 5.92 Å². The molecule has 0 spiro atoms. The summed E-state index contributed by atoms with van der Waals surface area (Å²) in [5.74, 6) is -1.87. The topological polar surface area (TPSA) is 86.7 Å². The van der Waals surface area contributed by atoms with Crippen molar-refractivity contribution in [2.75, 3.05) is 19.3 Å². The molecule has 37 heavy (non-hydrogen) atoms. The molecule has 6 nitrogen and oxygen atoms in total. The van der Waals surface area contributed by atoms with Gasteiger partial charge in [-0.15, -0.1) is 23.1 Å². The van der Waals surface area contributed by atoms with Gasteiger partial charge in [-0.05, 0) is 59.2 Å². The van der Waals surface area contributed by atoms with Gasteiger partial charge in [0.2, 0.25) is 11.8 Å². The standard InChI is InChI=1S/C27H26Cl2N2O4S2/c1-36-22-8-6-16(24(28)25(22)29)7-9-23(32)31-12-10-17(11-13-31)26(33)30-20(27(34)35)14-18-15-37-21-5-3-2-4-19(18)21/h2-9,15,17,20H,10-14H2,1H3,(H,30,33)(H,34,35). The van der Waals surface area contributed by atoms with Gasteiger partial charge in [0.05, 0.1) is 10.0 Å². The van der Waals surface area contributed by atoms with Gasteiger partial charge in [0.1, 0.15) is 6.04 Å². The molecule has 1 atom stereocenters. The largest absolute Gasteiger partial charge is 0.480 e. The number of halogens is 2. The van der Waals surface area contributed by atoms with Crippen molar-refractivity contribution in [2.45, 2.75) is 30.2 Å². The number of carbonyl (C=O) groups is 3. The summed E-state index contributed by atoms with van der Waals surface area (Å²) in [5.41, 5.74) is 1.56. The second-order valence-electron chi connectivity index (χ2n) is 8.78. The Hall–Kier alpha value is -2.52. The number of carboxylic acids is 1. The fourth-order valence-electron chi connectivity index (χ4n) is 4.36. The fraction of sp³-hybridized carbons (Fsp3) is 0.296. The molecular weight excluding hydrogens is 551 g/mol. The quantitative estimate of drug-likeness (QED) is 0.254. The number of rotatable bonds is 8. The monoisotopic (exact) mass is 576 g/mol. The molecule has 2 amide bonds. The number of likely N-dealkylation sites (tertiary alicyclic amines) is 1. The number of thiophene rings is 1. The average molecular weight is 578 g/mol. The lowest BCUT2D eigenvalue weighted by Gasteiger charge is -2.31. The summed E-state index contributed by atoms with van der Waals surface area (Å²) in [6.45, 7) is 0.822. The number of benzene rings is 2. The normalized spacial score (nSPS) is 15.3. The van der Waals surface area contributed by atoms with Crippen molar-refractivity contribution in [3.63, 3.8) is 0 Å². The molecule has 4 rings (SSSR count). The molecule has 0 bridgehead atoms. The fourth-order valence-corrected chi connectivity index (χ4v) is 6.51. The first kappa shape index (κ1) is 27.5. The van der Waals surface area contributed by atoms with E-state index >= 15 is 0 Å². The number of aliphatic carboxylic acids is 1. The molecule has 1 unspecified atom stereocenters. The van der Waals surface area contributed by atoms with Crippen molar-refractivity contribution in [1.29, 1.82) is 0 Å². The van der Waals surface area contributed by atoms with Gasteiger partial charge in [-0.1, -0.05) is 47.5 Å². The molecule has 2 aromatic carbocycles. The Kier molecular flexibility index (Phi) is 9.18. The summed E-state index contributed by atoms with van der Waals surface area (Å²) in [4.78, 5) is 40.0.